The largest absolute Gasteiger partial charge is 0.396 e. The van der Waals surface area contributed by atoms with Crippen molar-refractivity contribution in [1.29, 1.82) is 0 Å². The predicted octanol–water partition coefficient (Wildman–Crippen LogP) is 2.14. The molecule has 3 nitrogen and oxygen atoms in total. The average Bonchev–Trinajstić information content (AvgIpc) is 2.38. The van der Waals surface area contributed by atoms with Gasteiger partial charge in [0.15, 0.2) is 0 Å². The molecule has 1 fully saturated rings. The Morgan fingerprint density at radius 1 is 1.35 bits per heavy atom. The van der Waals surface area contributed by atoms with Gasteiger partial charge < -0.3 is 14.7 Å². The highest BCUT2D eigenvalue weighted by Crippen LogP contribution is 2.29. The number of hydrogen-bond acceptors (Lipinski definition) is 3. The van der Waals surface area contributed by atoms with Gasteiger partial charge in [0, 0.05) is 32.2 Å². The Labute approximate surface area is 106 Å². The predicted molar refractivity (Wildman–Crippen MR) is 71.1 cm³/mol. The molecule has 1 N–H and O–H groups in total. The fourth-order valence-electron chi connectivity index (χ4n) is 2.77. The van der Waals surface area contributed by atoms with Gasteiger partial charge in [-0.25, -0.2) is 0 Å². The number of piperidine rings is 1. The first-order chi connectivity index (χ1) is 8.10. The van der Waals surface area contributed by atoms with E-state index in [-0.39, 0.29) is 5.41 Å². The molecular formula is C14H29NO2. The van der Waals surface area contributed by atoms with Crippen LogP contribution in [0, 0.1) is 11.3 Å². The maximum Gasteiger partial charge on any atom is 0.0724 e. The van der Waals surface area contributed by atoms with E-state index in [4.69, 9.17) is 4.74 Å². The molecule has 0 aliphatic carbocycles. The van der Waals surface area contributed by atoms with E-state index in [9.17, 15) is 5.11 Å². The van der Waals surface area contributed by atoms with Crippen molar-refractivity contribution in [3.63, 3.8) is 0 Å². The number of aliphatic hydroxyl groups excluding tert-OH is 1. The summed E-state index contributed by atoms with van der Waals surface area (Å²) < 4.78 is 5.54. The first-order valence-corrected chi connectivity index (χ1v) is 6.96. The monoisotopic (exact) mass is 243 g/mol. The van der Waals surface area contributed by atoms with Crippen LogP contribution < -0.4 is 0 Å². The minimum absolute atomic E-state index is 0.0822. The molecule has 0 spiro atoms. The summed E-state index contributed by atoms with van der Waals surface area (Å²) in [6, 6.07) is 0. The first kappa shape index (κ1) is 14.9. The Kier molecular flexibility index (Phi) is 5.90. The fourth-order valence-corrected chi connectivity index (χ4v) is 2.77. The summed E-state index contributed by atoms with van der Waals surface area (Å²) in [7, 11) is 1.81. The first-order valence-electron chi connectivity index (χ1n) is 6.96. The van der Waals surface area contributed by atoms with E-state index < -0.39 is 0 Å². The van der Waals surface area contributed by atoms with Gasteiger partial charge in [0.05, 0.1) is 6.10 Å². The molecule has 2 unspecified atom stereocenters. The Morgan fingerprint density at radius 3 is 2.47 bits per heavy atom. The Bertz CT molecular complexity index is 208. The number of hydrogen-bond donors (Lipinski definition) is 1. The molecule has 1 aliphatic heterocycles. The van der Waals surface area contributed by atoms with E-state index in [2.05, 4.69) is 25.7 Å². The number of methoxy groups -OCH3 is 1. The minimum atomic E-state index is 0.0822. The van der Waals surface area contributed by atoms with E-state index in [1.807, 2.05) is 7.11 Å². The van der Waals surface area contributed by atoms with Gasteiger partial charge in [0.25, 0.3) is 0 Å². The third kappa shape index (κ3) is 3.67. The second-order valence-electron chi connectivity index (χ2n) is 5.64. The lowest BCUT2D eigenvalue weighted by atomic mass is 9.81. The normalized spacial score (nSPS) is 27.4. The molecule has 17 heavy (non-hydrogen) atoms. The molecule has 102 valence electrons. The van der Waals surface area contributed by atoms with Crippen molar-refractivity contribution in [2.45, 2.75) is 46.1 Å². The van der Waals surface area contributed by atoms with E-state index in [0.717, 1.165) is 32.5 Å². The maximum atomic E-state index is 9.62. The highest BCUT2D eigenvalue weighted by Gasteiger charge is 2.32. The lowest BCUT2D eigenvalue weighted by Crippen LogP contribution is -2.48. The number of likely N-dealkylation sites (tertiary alicyclic amines) is 1. The topological polar surface area (TPSA) is 32.7 Å². The molecule has 0 amide bonds. The fraction of sp³-hybridized carbons (Fsp3) is 1.00. The molecule has 0 bridgehead atoms. The van der Waals surface area contributed by atoms with E-state index in [1.54, 1.807) is 0 Å². The molecular weight excluding hydrogens is 214 g/mol. The van der Waals surface area contributed by atoms with E-state index >= 15 is 0 Å². The SMILES string of the molecule is CCC(CC)(CO)CN1CCC(C)C(OC)C1. The third-order valence-electron chi connectivity index (χ3n) is 4.67. The Morgan fingerprint density at radius 2 is 2.00 bits per heavy atom. The van der Waals surface area contributed by atoms with Crippen LogP contribution in [0.25, 0.3) is 0 Å². The molecule has 1 saturated heterocycles. The van der Waals surface area contributed by atoms with E-state index in [1.165, 1.54) is 6.42 Å². The van der Waals surface area contributed by atoms with Crippen molar-refractivity contribution in [1.82, 2.24) is 4.90 Å². The van der Waals surface area contributed by atoms with Gasteiger partial charge in [-0.1, -0.05) is 20.8 Å². The molecule has 0 saturated carbocycles. The van der Waals surface area contributed by atoms with Crippen molar-refractivity contribution in [2.24, 2.45) is 11.3 Å². The van der Waals surface area contributed by atoms with Gasteiger partial charge >= 0.3 is 0 Å². The van der Waals surface area contributed by atoms with Crippen molar-refractivity contribution < 1.29 is 9.84 Å². The maximum absolute atomic E-state index is 9.62. The highest BCUT2D eigenvalue weighted by atomic mass is 16.5. The molecule has 2 atom stereocenters. The van der Waals surface area contributed by atoms with Crippen LogP contribution in [0.3, 0.4) is 0 Å². The van der Waals surface area contributed by atoms with E-state index in [0.29, 0.717) is 18.6 Å². The van der Waals surface area contributed by atoms with Crippen LogP contribution in [-0.4, -0.2) is 49.5 Å². The van der Waals surface area contributed by atoms with Gasteiger partial charge in [-0.05, 0) is 31.7 Å². The lowest BCUT2D eigenvalue weighted by molar-refractivity contribution is -0.0273. The zero-order valence-electron chi connectivity index (χ0n) is 11.9. The summed E-state index contributed by atoms with van der Waals surface area (Å²) in [5.41, 5.74) is 0.0822. The van der Waals surface area contributed by atoms with Crippen molar-refractivity contribution in [3.05, 3.63) is 0 Å². The third-order valence-corrected chi connectivity index (χ3v) is 4.67. The highest BCUT2D eigenvalue weighted by molar-refractivity contribution is 4.85. The van der Waals surface area contributed by atoms with Crippen molar-refractivity contribution in [3.8, 4) is 0 Å². The lowest BCUT2D eigenvalue weighted by Gasteiger charge is -2.41. The van der Waals surface area contributed by atoms with Crippen LogP contribution in [0.1, 0.15) is 40.0 Å². The summed E-state index contributed by atoms with van der Waals surface area (Å²) in [4.78, 5) is 2.47. The summed E-state index contributed by atoms with van der Waals surface area (Å²) in [6.07, 6.45) is 3.65. The van der Waals surface area contributed by atoms with Gasteiger partial charge in [-0.15, -0.1) is 0 Å². The summed E-state index contributed by atoms with van der Waals surface area (Å²) in [5.74, 6) is 0.656. The van der Waals surface area contributed by atoms with Crippen LogP contribution >= 0.6 is 0 Å². The number of aliphatic hydroxyl groups is 1. The number of nitrogens with zero attached hydrogens (tertiary/aromatic N) is 1. The van der Waals surface area contributed by atoms with Crippen LogP contribution in [0.2, 0.25) is 0 Å². The Hall–Kier alpha value is -0.120. The molecule has 0 aromatic rings. The molecule has 0 aromatic heterocycles. The smallest absolute Gasteiger partial charge is 0.0724 e. The number of rotatable bonds is 6. The standard InChI is InChI=1S/C14H29NO2/c1-5-14(6-2,11-16)10-15-8-7-12(3)13(9-15)17-4/h12-13,16H,5-11H2,1-4H3. The quantitative estimate of drug-likeness (QED) is 0.776. The van der Waals surface area contributed by atoms with Gasteiger partial charge in [0.1, 0.15) is 0 Å². The van der Waals surface area contributed by atoms with Crippen LogP contribution in [0.5, 0.6) is 0 Å². The zero-order valence-corrected chi connectivity index (χ0v) is 11.9. The van der Waals surface area contributed by atoms with Gasteiger partial charge in [0.2, 0.25) is 0 Å². The number of ether oxygens (including phenoxy) is 1. The summed E-state index contributed by atoms with van der Waals surface area (Å²) in [5, 5.41) is 9.62. The molecule has 0 aromatic carbocycles. The zero-order chi connectivity index (χ0) is 12.9. The molecule has 1 aliphatic rings. The van der Waals surface area contributed by atoms with Crippen LogP contribution in [0.15, 0.2) is 0 Å². The van der Waals surface area contributed by atoms with Crippen molar-refractivity contribution in [2.75, 3.05) is 33.4 Å². The minimum Gasteiger partial charge on any atom is -0.396 e. The van der Waals surface area contributed by atoms with Crippen LogP contribution in [-0.2, 0) is 4.74 Å². The molecule has 3 heteroatoms. The van der Waals surface area contributed by atoms with Gasteiger partial charge in [-0.3, -0.25) is 0 Å². The van der Waals surface area contributed by atoms with Gasteiger partial charge in [-0.2, -0.15) is 0 Å². The van der Waals surface area contributed by atoms with Crippen LogP contribution in [0.4, 0.5) is 0 Å². The van der Waals surface area contributed by atoms with Crippen molar-refractivity contribution >= 4 is 0 Å². The summed E-state index contributed by atoms with van der Waals surface area (Å²) in [6.45, 7) is 10.1. The summed E-state index contributed by atoms with van der Waals surface area (Å²) >= 11 is 0. The average molecular weight is 243 g/mol. The molecule has 0 radical (unpaired) electrons. The molecule has 1 heterocycles. The second kappa shape index (κ2) is 6.72. The second-order valence-corrected chi connectivity index (χ2v) is 5.64. The Balaban J connectivity index is 2.56. The molecule has 1 rings (SSSR count).